The van der Waals surface area contributed by atoms with Gasteiger partial charge in [-0.2, -0.15) is 0 Å². The average molecular weight is 2040 g/mol. The molecule has 0 amide bonds. The van der Waals surface area contributed by atoms with Gasteiger partial charge in [0.15, 0.2) is 71.9 Å². The Kier molecular flexibility index (Phi) is 37.3. The summed E-state index contributed by atoms with van der Waals surface area (Å²) in [4.78, 5) is 127. The van der Waals surface area contributed by atoms with Crippen LogP contribution in [0, 0.1) is 120 Å². The summed E-state index contributed by atoms with van der Waals surface area (Å²) in [6.45, 7) is 59.0. The van der Waals surface area contributed by atoms with Crippen molar-refractivity contribution in [3.63, 3.8) is 0 Å². The summed E-state index contributed by atoms with van der Waals surface area (Å²) in [6.07, 6.45) is 54.8. The second-order valence-corrected chi connectivity index (χ2v) is 55.0. The van der Waals surface area contributed by atoms with Crippen molar-refractivity contribution in [2.75, 3.05) is 13.2 Å². The highest BCUT2D eigenvalue weighted by Gasteiger charge is 2.53. The minimum absolute atomic E-state index is 0.00634. The van der Waals surface area contributed by atoms with Crippen LogP contribution in [0.15, 0.2) is 176 Å². The third-order valence-electron chi connectivity index (χ3n) is 39.3. The highest BCUT2D eigenvalue weighted by Crippen LogP contribution is 2.59. The van der Waals surface area contributed by atoms with E-state index in [0.29, 0.717) is 146 Å². The van der Waals surface area contributed by atoms with Crippen LogP contribution in [0.5, 0.6) is 0 Å². The first-order chi connectivity index (χ1) is 64.6. The number of halogens is 1. The van der Waals surface area contributed by atoms with E-state index in [4.69, 9.17) is 9.53 Å². The number of carbonyl (C=O) groups excluding carboxylic acids is 11. The predicted octanol–water partition coefficient (Wildman–Crippen LogP) is 24.5. The molecule has 764 valence electrons. The largest absolute Gasteiger partial charge is 0.413 e. The molecule has 18 aliphatic rings. The molecule has 0 saturated heterocycles. The molecule has 0 aromatic rings. The fourth-order valence-electron chi connectivity index (χ4n) is 25.3. The first kappa shape index (κ1) is 114. The van der Waals surface area contributed by atoms with Crippen LogP contribution in [0.4, 0.5) is 0 Å². The van der Waals surface area contributed by atoms with Crippen LogP contribution in [0.25, 0.3) is 0 Å². The zero-order valence-corrected chi connectivity index (χ0v) is 91.9. The fourth-order valence-corrected chi connectivity index (χ4v) is 27.1. The van der Waals surface area contributed by atoms with Crippen molar-refractivity contribution >= 4 is 94.5 Å². The molecule has 5 N–H and O–H groups in total. The van der Waals surface area contributed by atoms with Crippen molar-refractivity contribution in [1.82, 2.24) is 0 Å². The summed E-state index contributed by atoms with van der Waals surface area (Å²) >= 11 is 2.20. The summed E-state index contributed by atoms with van der Waals surface area (Å²) in [5.74, 6) is 7.88. The van der Waals surface area contributed by atoms with Crippen molar-refractivity contribution in [3.05, 3.63) is 176 Å². The third kappa shape index (κ3) is 25.1. The number of hydrogen-bond donors (Lipinski definition) is 5. The van der Waals surface area contributed by atoms with Gasteiger partial charge in [-0.15, -0.1) is 0 Å². The van der Waals surface area contributed by atoms with Crippen molar-refractivity contribution < 1.29 is 82.7 Å². The Labute approximate surface area is 847 Å². The smallest absolute Gasteiger partial charge is 0.192 e. The predicted molar refractivity (Wildman–Crippen MR) is 566 cm³/mol. The van der Waals surface area contributed by atoms with E-state index in [1.54, 1.807) is 48.6 Å². The maximum Gasteiger partial charge on any atom is 0.192 e. The van der Waals surface area contributed by atoms with Crippen molar-refractivity contribution in [2.45, 2.75) is 368 Å². The topological polar surface area (TPSA) is 298 Å². The van der Waals surface area contributed by atoms with Crippen LogP contribution in [-0.4, -0.2) is 135 Å². The van der Waals surface area contributed by atoms with E-state index in [-0.39, 0.29) is 125 Å². The van der Waals surface area contributed by atoms with E-state index in [0.717, 1.165) is 101 Å². The number of fused-ring (bicyclic) bond motifs is 9. The Morgan fingerprint density at radius 1 is 0.417 bits per heavy atom. The second kappa shape index (κ2) is 45.4. The number of rotatable bonds is 6. The van der Waals surface area contributed by atoms with Gasteiger partial charge in [0.2, 0.25) is 0 Å². The normalized spacial score (nSPS) is 38.9. The summed E-state index contributed by atoms with van der Waals surface area (Å²) in [5.41, 5.74) is 9.95. The van der Waals surface area contributed by atoms with Gasteiger partial charge in [-0.3, -0.25) is 52.7 Å². The Morgan fingerprint density at radius 2 is 0.842 bits per heavy atom. The molecule has 139 heavy (non-hydrogen) atoms. The first-order valence-corrected chi connectivity index (χ1v) is 56.6. The van der Waals surface area contributed by atoms with Gasteiger partial charge < -0.3 is 30.0 Å². The molecule has 0 spiro atoms. The van der Waals surface area contributed by atoms with E-state index in [1.165, 1.54) is 68.9 Å². The van der Waals surface area contributed by atoms with Gasteiger partial charge >= 0.3 is 0 Å². The molecule has 18 aliphatic carbocycles. The monoisotopic (exact) mass is 2040 g/mol. The molecule has 25 atom stereocenters. The molecule has 0 aromatic heterocycles. The van der Waals surface area contributed by atoms with Gasteiger partial charge in [0.1, 0.15) is 6.10 Å². The minimum Gasteiger partial charge on any atom is -0.413 e. The van der Waals surface area contributed by atoms with Gasteiger partial charge in [0, 0.05) is 92.1 Å². The SMILES string of the molecule is C=C(CO)C1=C[C@]2(C)[C@@H](CCC[C@H]2C)CC1=O.C=C(CO[Si](C)(C)C(C)(C)C)C1=C[C@]2(C)[C@@H](CCC[C@H]2C)CC1=O.C[C@@H]1C(=O)C=CC2=CC(=O)CC[C@]21C.C[C@@H]1CC(=O)C=C2C(O)C(O)CC[C@]21C.C[C@@H]1CC(=O)C=C2C=CC(=O)C[C@]21C.C[C@@H]1CC(=O)C=C2C=CCC[C@]21C.C[C@@H]1CC(=O)C=C2CC(O)C(O)C[C@]21C.C[C@@H]1CC=CC2=CC(=O)CC[C@]21C.C[C@@H]1CCC[C@H]2CC(=O)C(I)=C[C@]21C. The second-order valence-electron chi connectivity index (χ2n) is 49.0. The fraction of sp³-hybridized carbons (Fsp3) is 0.658. The summed E-state index contributed by atoms with van der Waals surface area (Å²) in [5, 5.41) is 48.1. The van der Waals surface area contributed by atoms with Crippen LogP contribution < -0.4 is 0 Å². The molecule has 5 saturated carbocycles. The van der Waals surface area contributed by atoms with Gasteiger partial charge in [0.25, 0.3) is 0 Å². The van der Waals surface area contributed by atoms with E-state index in [1.807, 2.05) is 19.1 Å². The number of ketones is 11. The molecule has 17 nitrogen and oxygen atoms in total. The molecular weight excluding hydrogens is 1870 g/mol. The van der Waals surface area contributed by atoms with Gasteiger partial charge in [-0.25, -0.2) is 0 Å². The van der Waals surface area contributed by atoms with Crippen LogP contribution in [0.2, 0.25) is 18.1 Å². The highest BCUT2D eigenvalue weighted by atomic mass is 127. The summed E-state index contributed by atoms with van der Waals surface area (Å²) in [7, 11) is -1.82. The molecule has 5 fully saturated rings. The molecule has 19 heteroatoms. The number of hydrogen-bond acceptors (Lipinski definition) is 17. The summed E-state index contributed by atoms with van der Waals surface area (Å²) in [6, 6.07) is 0. The lowest BCUT2D eigenvalue weighted by molar-refractivity contribution is -0.123. The molecule has 4 unspecified atom stereocenters. The number of Topliss-reactive ketones (excluding diaryl/α,β-unsaturated/α-hetero) is 3. The Morgan fingerprint density at radius 3 is 1.36 bits per heavy atom. The van der Waals surface area contributed by atoms with Crippen LogP contribution in [0.1, 0.15) is 325 Å². The first-order valence-electron chi connectivity index (χ1n) is 52.6. The van der Waals surface area contributed by atoms with E-state index in [9.17, 15) is 73.2 Å². The lowest BCUT2D eigenvalue weighted by atomic mass is 9.57. The van der Waals surface area contributed by atoms with Crippen molar-refractivity contribution in [3.8, 4) is 0 Å². The Hall–Kier alpha value is -6.82. The third-order valence-corrected chi connectivity index (χ3v) is 44.7. The van der Waals surface area contributed by atoms with Crippen LogP contribution >= 0.6 is 22.6 Å². The maximum atomic E-state index is 12.7. The average Bonchev–Trinajstić information content (AvgIpc) is 0.741. The molecule has 0 aliphatic heterocycles. The van der Waals surface area contributed by atoms with E-state index in [2.05, 4.69) is 230 Å². The molecule has 18 rings (SSSR count). The van der Waals surface area contributed by atoms with E-state index >= 15 is 0 Å². The molecule has 0 radical (unpaired) electrons. The number of allylic oxidation sites excluding steroid dienone is 22. The molecular formula is C120H171IO17Si. The van der Waals surface area contributed by atoms with Gasteiger partial charge in [-0.1, -0.05) is 238 Å². The number of carbonyl (C=O) groups is 11. The molecule has 0 bridgehead atoms. The van der Waals surface area contributed by atoms with Crippen molar-refractivity contribution in [1.29, 1.82) is 0 Å². The minimum atomic E-state index is -1.82. The number of aliphatic hydroxyl groups excluding tert-OH is 5. The highest BCUT2D eigenvalue weighted by molar-refractivity contribution is 14.1. The molecule has 0 heterocycles. The lowest BCUT2D eigenvalue weighted by Crippen LogP contribution is -2.47. The Balaban J connectivity index is 0.000000162. The van der Waals surface area contributed by atoms with Crippen molar-refractivity contribution in [2.24, 2.45) is 120 Å². The zero-order valence-electron chi connectivity index (χ0n) is 88.7. The zero-order chi connectivity index (χ0) is 103. The molecule has 0 aromatic carbocycles. The summed E-state index contributed by atoms with van der Waals surface area (Å²) < 4.78 is 7.27. The van der Waals surface area contributed by atoms with Crippen LogP contribution in [0.3, 0.4) is 0 Å². The van der Waals surface area contributed by atoms with Crippen LogP contribution in [-0.2, 0) is 57.2 Å². The number of aliphatic hydroxyl groups is 5. The standard InChI is InChI=1S/C21H36O2Si.C15H22O2.C12H17IO.2C12H18O3.2C12H14O2.2C12H16O/c1-15(14-23-24(7,8)20(3,4)5)18-13-21(6)16(2)10-9-11-17(21)12-19(18)22;1-10(9-16)13-8-15(3)11(2)5-4-6-12(15)7-14(13)17;1-8-4-3-5-9-6-11(14)10(13)7-12(8,9)2;1-7-3-9(13)4-8-5-10(14)11(15)6-12(7,8)2;1-7-5-8(13)6-9-11(15)10(14)3-4-12(7,9)2;1-8-5-11(14)6-9-3-4-10(13)7-12(8,9)2;1-8-11(14)4-3-9-7-10(13)5-6-12(8,9)2;1-9-4-3-5-10-8-11(13)6-7-12(9,10)2;1-9-7-11(13)8-10-5-3-4-6-12(9,10)2/h13,16-17H,1,9-12,14H2,2-8H3;8,11-12,16H,1,4-7,9H2,2-3H3;7-9H,3-6H2,1-2H3;4,7,10-11,14-15H,3,5-6H2,1-2H3;6-7,10-11,14-15H,3-5H2,1-2H3;3-4,6,8H,5,7H2,1-2H3;3-4,7-8H,5-6H2,1-2H3;2*3,5,8-9H,4,6-7H2,1-2H3/t16-,17+,21+;11-,12+,15+;8-,9+,12+;2*7-,10?,11?,12+;2*8-,12+;2*9-,12+/m111111111/s1. The van der Waals surface area contributed by atoms with Gasteiger partial charge in [0.05, 0.1) is 35.1 Å². The Bertz CT molecular complexity index is 5160. The lowest BCUT2D eigenvalue weighted by Gasteiger charge is -2.47. The maximum absolute atomic E-state index is 12.7. The van der Waals surface area contributed by atoms with Gasteiger partial charge in [-0.05, 0) is 328 Å². The quantitative estimate of drug-likeness (QED) is 0.122. The van der Waals surface area contributed by atoms with E-state index < -0.39 is 32.7 Å².